The lowest BCUT2D eigenvalue weighted by Crippen LogP contribution is -2.04. The molecule has 0 unspecified atom stereocenters. The monoisotopic (exact) mass is 552 g/mol. The van der Waals surface area contributed by atoms with Crippen LogP contribution < -0.4 is 9.47 Å². The Kier molecular flexibility index (Phi) is 15.6. The molecule has 0 aliphatic heterocycles. The Bertz CT molecular complexity index is 1080. The number of thioether (sulfide) groups is 1. The molecule has 0 saturated carbocycles. The number of carbonyl (C=O) groups is 3. The Morgan fingerprint density at radius 2 is 1.10 bits per heavy atom. The summed E-state index contributed by atoms with van der Waals surface area (Å²) in [7, 11) is 0. The SMILES string of the molecule is C=CC(=O)OCCCCCCOc1ccc(/C=C/C(=O)Sc2ccc(OCCCCOC(=O)C=C)cc2)cc1. The van der Waals surface area contributed by atoms with Gasteiger partial charge in [0.2, 0.25) is 5.12 Å². The summed E-state index contributed by atoms with van der Waals surface area (Å²) < 4.78 is 21.3. The fourth-order valence-corrected chi connectivity index (χ4v) is 3.84. The maximum absolute atomic E-state index is 12.3. The molecule has 0 aromatic heterocycles. The van der Waals surface area contributed by atoms with Crippen molar-refractivity contribution in [2.45, 2.75) is 43.4 Å². The first kappa shape index (κ1) is 31.4. The largest absolute Gasteiger partial charge is 0.494 e. The minimum absolute atomic E-state index is 0.0719. The fraction of sp³-hybridized carbons (Fsp3) is 0.323. The van der Waals surface area contributed by atoms with Gasteiger partial charge >= 0.3 is 11.9 Å². The summed E-state index contributed by atoms with van der Waals surface area (Å²) in [6.07, 6.45) is 10.8. The number of carbonyl (C=O) groups excluding carboxylic acids is 3. The van der Waals surface area contributed by atoms with Gasteiger partial charge in [0, 0.05) is 17.0 Å². The number of benzene rings is 2. The normalized spacial score (nSPS) is 10.6. The van der Waals surface area contributed by atoms with Crippen molar-refractivity contribution in [3.8, 4) is 11.5 Å². The quantitative estimate of drug-likeness (QED) is 0.0836. The molecule has 0 aliphatic rings. The topological polar surface area (TPSA) is 88.1 Å². The van der Waals surface area contributed by atoms with E-state index in [4.69, 9.17) is 18.9 Å². The van der Waals surface area contributed by atoms with E-state index < -0.39 is 5.97 Å². The molecule has 2 rings (SSSR count). The van der Waals surface area contributed by atoms with Crippen molar-refractivity contribution in [1.82, 2.24) is 0 Å². The molecule has 2 aromatic rings. The summed E-state index contributed by atoms with van der Waals surface area (Å²) in [4.78, 5) is 35.1. The predicted octanol–water partition coefficient (Wildman–Crippen LogP) is 6.58. The van der Waals surface area contributed by atoms with E-state index in [1.807, 2.05) is 48.5 Å². The van der Waals surface area contributed by atoms with E-state index in [1.54, 1.807) is 12.2 Å². The lowest BCUT2D eigenvalue weighted by Gasteiger charge is -2.07. The average Bonchev–Trinajstić information content (AvgIpc) is 2.96. The van der Waals surface area contributed by atoms with Gasteiger partial charge in [0.1, 0.15) is 11.5 Å². The summed E-state index contributed by atoms with van der Waals surface area (Å²) in [5, 5.41) is -0.0719. The van der Waals surface area contributed by atoms with Gasteiger partial charge in [0.25, 0.3) is 0 Å². The standard InChI is InChI=1S/C31H36O7S/c1-3-29(32)37-23-8-6-5-7-21-35-26-14-11-25(12-15-26)13-20-31(34)39-28-18-16-27(17-19-28)36-22-9-10-24-38-30(33)4-2/h3-4,11-20H,1-2,5-10,21-24H2/b20-13+. The second-order valence-corrected chi connectivity index (χ2v) is 9.43. The van der Waals surface area contributed by atoms with Crippen LogP contribution in [0.3, 0.4) is 0 Å². The Hall–Kier alpha value is -3.78. The highest BCUT2D eigenvalue weighted by molar-refractivity contribution is 8.14. The number of ether oxygens (including phenoxy) is 4. The number of rotatable bonds is 19. The third kappa shape index (κ3) is 14.7. The van der Waals surface area contributed by atoms with Gasteiger partial charge in [0.05, 0.1) is 26.4 Å². The molecule has 208 valence electrons. The van der Waals surface area contributed by atoms with Crippen molar-refractivity contribution in [2.75, 3.05) is 26.4 Å². The van der Waals surface area contributed by atoms with Crippen molar-refractivity contribution >= 4 is 34.9 Å². The van der Waals surface area contributed by atoms with Crippen LogP contribution in [0.2, 0.25) is 0 Å². The highest BCUT2D eigenvalue weighted by Crippen LogP contribution is 2.23. The molecule has 0 spiro atoms. The van der Waals surface area contributed by atoms with E-state index in [2.05, 4.69) is 13.2 Å². The van der Waals surface area contributed by atoms with Crippen LogP contribution in [0.5, 0.6) is 11.5 Å². The molecule has 0 aliphatic carbocycles. The molecular weight excluding hydrogens is 516 g/mol. The summed E-state index contributed by atoms with van der Waals surface area (Å²) in [6, 6.07) is 15.0. The van der Waals surface area contributed by atoms with Crippen LogP contribution in [0.1, 0.15) is 44.1 Å². The molecule has 0 fully saturated rings. The molecule has 8 heteroatoms. The van der Waals surface area contributed by atoms with E-state index in [9.17, 15) is 14.4 Å². The van der Waals surface area contributed by atoms with Crippen LogP contribution >= 0.6 is 11.8 Å². The Labute approximate surface area is 234 Å². The van der Waals surface area contributed by atoms with Crippen molar-refractivity contribution in [3.05, 3.63) is 85.5 Å². The Morgan fingerprint density at radius 3 is 1.64 bits per heavy atom. The van der Waals surface area contributed by atoms with Gasteiger partial charge < -0.3 is 18.9 Å². The highest BCUT2D eigenvalue weighted by atomic mass is 32.2. The van der Waals surface area contributed by atoms with Gasteiger partial charge in [-0.3, -0.25) is 4.79 Å². The van der Waals surface area contributed by atoms with Crippen LogP contribution in [0.25, 0.3) is 6.08 Å². The van der Waals surface area contributed by atoms with E-state index in [-0.39, 0.29) is 11.1 Å². The lowest BCUT2D eigenvalue weighted by molar-refractivity contribution is -0.138. The molecule has 0 N–H and O–H groups in total. The van der Waals surface area contributed by atoms with Crippen LogP contribution in [0.15, 0.2) is 84.8 Å². The first-order valence-corrected chi connectivity index (χ1v) is 13.8. The number of hydrogen-bond acceptors (Lipinski definition) is 8. The minimum atomic E-state index is -0.418. The minimum Gasteiger partial charge on any atom is -0.494 e. The molecule has 0 heterocycles. The van der Waals surface area contributed by atoms with E-state index in [0.717, 1.165) is 71.9 Å². The van der Waals surface area contributed by atoms with E-state index in [1.165, 1.54) is 6.08 Å². The lowest BCUT2D eigenvalue weighted by atomic mass is 10.2. The summed E-state index contributed by atoms with van der Waals surface area (Å²) in [5.74, 6) is 0.705. The predicted molar refractivity (Wildman–Crippen MR) is 154 cm³/mol. The van der Waals surface area contributed by atoms with Crippen LogP contribution in [0, 0.1) is 0 Å². The van der Waals surface area contributed by atoms with Crippen LogP contribution in [-0.4, -0.2) is 43.5 Å². The number of unbranched alkanes of at least 4 members (excludes halogenated alkanes) is 4. The maximum atomic E-state index is 12.3. The number of esters is 2. The third-order valence-electron chi connectivity index (χ3n) is 5.27. The summed E-state index contributed by atoms with van der Waals surface area (Å²) >= 11 is 1.15. The average molecular weight is 553 g/mol. The third-order valence-corrected chi connectivity index (χ3v) is 6.12. The number of hydrogen-bond donors (Lipinski definition) is 0. The van der Waals surface area contributed by atoms with Crippen molar-refractivity contribution in [1.29, 1.82) is 0 Å². The van der Waals surface area contributed by atoms with Gasteiger partial charge in [-0.25, -0.2) is 9.59 Å². The van der Waals surface area contributed by atoms with Gasteiger partial charge in [-0.15, -0.1) is 0 Å². The van der Waals surface area contributed by atoms with Crippen molar-refractivity contribution in [3.63, 3.8) is 0 Å². The molecular formula is C31H36O7S. The zero-order valence-electron chi connectivity index (χ0n) is 22.2. The Balaban J connectivity index is 1.60. The molecule has 0 amide bonds. The fourth-order valence-electron chi connectivity index (χ4n) is 3.20. The first-order chi connectivity index (χ1) is 19.0. The molecule has 0 saturated heterocycles. The maximum Gasteiger partial charge on any atom is 0.330 e. The van der Waals surface area contributed by atoms with E-state index >= 15 is 0 Å². The Morgan fingerprint density at radius 1 is 0.641 bits per heavy atom. The molecule has 2 aromatic carbocycles. The molecule has 0 bridgehead atoms. The summed E-state index contributed by atoms with van der Waals surface area (Å²) in [5.41, 5.74) is 0.911. The smallest absolute Gasteiger partial charge is 0.330 e. The molecule has 0 atom stereocenters. The van der Waals surface area contributed by atoms with Gasteiger partial charge in [-0.2, -0.15) is 0 Å². The van der Waals surface area contributed by atoms with Gasteiger partial charge in [-0.05, 0) is 98.3 Å². The van der Waals surface area contributed by atoms with E-state index in [0.29, 0.717) is 32.8 Å². The van der Waals surface area contributed by atoms with Gasteiger partial charge in [0.15, 0.2) is 0 Å². The highest BCUT2D eigenvalue weighted by Gasteiger charge is 2.03. The zero-order valence-corrected chi connectivity index (χ0v) is 23.0. The second kappa shape index (κ2) is 19.3. The first-order valence-electron chi connectivity index (χ1n) is 12.9. The van der Waals surface area contributed by atoms with Crippen molar-refractivity contribution < 1.29 is 33.3 Å². The van der Waals surface area contributed by atoms with Gasteiger partial charge in [-0.1, -0.05) is 31.4 Å². The molecule has 39 heavy (non-hydrogen) atoms. The van der Waals surface area contributed by atoms with Crippen LogP contribution in [0.4, 0.5) is 0 Å². The second-order valence-electron chi connectivity index (χ2n) is 8.36. The molecule has 0 radical (unpaired) electrons. The molecule has 7 nitrogen and oxygen atoms in total. The van der Waals surface area contributed by atoms with Crippen molar-refractivity contribution in [2.24, 2.45) is 0 Å². The summed E-state index contributed by atoms with van der Waals surface area (Å²) in [6.45, 7) is 8.61. The van der Waals surface area contributed by atoms with Crippen LogP contribution in [-0.2, 0) is 23.9 Å². The zero-order chi connectivity index (χ0) is 28.1.